The van der Waals surface area contributed by atoms with Gasteiger partial charge in [0.15, 0.2) is 0 Å². The van der Waals surface area contributed by atoms with E-state index in [0.717, 1.165) is 5.56 Å². The second kappa shape index (κ2) is 9.11. The van der Waals surface area contributed by atoms with Gasteiger partial charge in [0.1, 0.15) is 6.04 Å². The highest BCUT2D eigenvalue weighted by Gasteiger charge is 2.24. The number of carboxylic acids is 1. The Bertz CT molecular complexity index is 552. The van der Waals surface area contributed by atoms with Crippen LogP contribution in [-0.2, 0) is 15.3 Å². The molecule has 0 aliphatic heterocycles. The highest BCUT2D eigenvalue weighted by atomic mass is 32.2. The van der Waals surface area contributed by atoms with Crippen LogP contribution in [0.5, 0.6) is 0 Å². The van der Waals surface area contributed by atoms with Crippen LogP contribution in [-0.4, -0.2) is 28.8 Å². The topological polar surface area (TPSA) is 90.2 Å². The molecule has 5 nitrogen and oxygen atoms in total. The van der Waals surface area contributed by atoms with E-state index in [1.165, 1.54) is 11.8 Å². The van der Waals surface area contributed by atoms with Crippen LogP contribution in [0.15, 0.2) is 24.3 Å². The minimum absolute atomic E-state index is 0.107. The van der Waals surface area contributed by atoms with Gasteiger partial charge in [0.2, 0.25) is 5.91 Å². The van der Waals surface area contributed by atoms with Gasteiger partial charge in [0.25, 0.3) is 0 Å². The molecule has 0 aromatic heterocycles. The van der Waals surface area contributed by atoms with Crippen molar-refractivity contribution in [2.75, 3.05) is 5.75 Å². The summed E-state index contributed by atoms with van der Waals surface area (Å²) in [6.45, 7) is 3.70. The first-order chi connectivity index (χ1) is 10.5. The summed E-state index contributed by atoms with van der Waals surface area (Å²) in [6.07, 6.45) is 0.690. The molecule has 2 N–H and O–H groups in total. The molecule has 1 aromatic rings. The van der Waals surface area contributed by atoms with E-state index in [1.807, 2.05) is 26.0 Å². The van der Waals surface area contributed by atoms with Crippen molar-refractivity contribution >= 4 is 23.6 Å². The third kappa shape index (κ3) is 5.78. The van der Waals surface area contributed by atoms with Crippen molar-refractivity contribution in [3.63, 3.8) is 0 Å². The summed E-state index contributed by atoms with van der Waals surface area (Å²) in [6, 6.07) is 8.38. The molecule has 0 fully saturated rings. The third-order valence-corrected chi connectivity index (χ3v) is 4.38. The molecule has 22 heavy (non-hydrogen) atoms. The molecule has 0 saturated heterocycles. The maximum atomic E-state index is 11.8. The van der Waals surface area contributed by atoms with Gasteiger partial charge >= 0.3 is 5.97 Å². The highest BCUT2D eigenvalue weighted by Crippen LogP contribution is 2.13. The quantitative estimate of drug-likeness (QED) is 0.767. The fourth-order valence-corrected chi connectivity index (χ4v) is 2.63. The molecule has 0 bridgehead atoms. The minimum Gasteiger partial charge on any atom is -0.480 e. The van der Waals surface area contributed by atoms with Gasteiger partial charge in [-0.3, -0.25) is 4.79 Å². The fourth-order valence-electron chi connectivity index (χ4n) is 1.84. The number of rotatable bonds is 8. The summed E-state index contributed by atoms with van der Waals surface area (Å²) in [5.74, 6) is -0.531. The van der Waals surface area contributed by atoms with Crippen LogP contribution >= 0.6 is 11.8 Å². The molecule has 0 heterocycles. The van der Waals surface area contributed by atoms with Gasteiger partial charge in [0.05, 0.1) is 17.4 Å². The Kier molecular flexibility index (Phi) is 7.47. The largest absolute Gasteiger partial charge is 0.480 e. The van der Waals surface area contributed by atoms with Gasteiger partial charge in [-0.25, -0.2) is 4.79 Å². The average molecular weight is 320 g/mol. The van der Waals surface area contributed by atoms with Crippen molar-refractivity contribution in [2.24, 2.45) is 5.92 Å². The number of amides is 1. The number of nitriles is 1. The summed E-state index contributed by atoms with van der Waals surface area (Å²) in [5.41, 5.74) is 1.62. The molecule has 0 aliphatic carbocycles. The number of thioether (sulfide) groups is 1. The van der Waals surface area contributed by atoms with Crippen molar-refractivity contribution < 1.29 is 14.7 Å². The van der Waals surface area contributed by atoms with E-state index < -0.39 is 12.0 Å². The number of hydrogen-bond acceptors (Lipinski definition) is 4. The van der Waals surface area contributed by atoms with E-state index in [4.69, 9.17) is 10.4 Å². The van der Waals surface area contributed by atoms with Crippen LogP contribution < -0.4 is 5.32 Å². The molecule has 0 radical (unpaired) electrons. The van der Waals surface area contributed by atoms with Gasteiger partial charge < -0.3 is 10.4 Å². The molecule has 1 rings (SSSR count). The molecule has 6 heteroatoms. The van der Waals surface area contributed by atoms with Gasteiger partial charge in [-0.15, -0.1) is 11.8 Å². The van der Waals surface area contributed by atoms with E-state index in [2.05, 4.69) is 11.4 Å². The number of carboxylic acid groups (broad SMARTS) is 1. The zero-order valence-corrected chi connectivity index (χ0v) is 13.5. The molecular formula is C16H20N2O3S. The molecule has 118 valence electrons. The summed E-state index contributed by atoms with van der Waals surface area (Å²) in [4.78, 5) is 23.0. The lowest BCUT2D eigenvalue weighted by Gasteiger charge is -2.19. The zero-order valence-electron chi connectivity index (χ0n) is 12.7. The number of aliphatic carboxylic acids is 1. The molecule has 2 atom stereocenters. The molecular weight excluding hydrogens is 300 g/mol. The standard InChI is InChI=1S/C16H20N2O3S/c1-3-11(2)15(16(20)21)18-14(19)10-22-9-13-6-4-12(8-17)5-7-13/h4-7,11,15H,3,9-10H2,1-2H3,(H,18,19)(H,20,21)/t11-,15-/m0/s1. The van der Waals surface area contributed by atoms with Crippen LogP contribution in [0.2, 0.25) is 0 Å². The Morgan fingerprint density at radius 2 is 2.00 bits per heavy atom. The Labute approximate surface area is 134 Å². The lowest BCUT2D eigenvalue weighted by molar-refractivity contribution is -0.143. The van der Waals surface area contributed by atoms with E-state index in [9.17, 15) is 9.59 Å². The summed E-state index contributed by atoms with van der Waals surface area (Å²) >= 11 is 1.41. The number of nitrogens with zero attached hydrogens (tertiary/aromatic N) is 1. The van der Waals surface area contributed by atoms with Crippen LogP contribution in [0, 0.1) is 17.2 Å². The first-order valence-electron chi connectivity index (χ1n) is 7.06. The smallest absolute Gasteiger partial charge is 0.326 e. The summed E-state index contributed by atoms with van der Waals surface area (Å²) < 4.78 is 0. The fraction of sp³-hybridized carbons (Fsp3) is 0.438. The first kappa shape index (κ1) is 18.1. The van der Waals surface area contributed by atoms with Crippen molar-refractivity contribution in [3.05, 3.63) is 35.4 Å². The van der Waals surface area contributed by atoms with Gasteiger partial charge in [-0.2, -0.15) is 5.26 Å². The lowest BCUT2D eigenvalue weighted by Crippen LogP contribution is -2.45. The SMILES string of the molecule is CC[C@H](C)[C@H](NC(=O)CSCc1ccc(C#N)cc1)C(=O)O. The maximum Gasteiger partial charge on any atom is 0.326 e. The van der Waals surface area contributed by atoms with Crippen molar-refractivity contribution in [1.29, 1.82) is 5.26 Å². The number of benzene rings is 1. The van der Waals surface area contributed by atoms with E-state index in [0.29, 0.717) is 17.7 Å². The van der Waals surface area contributed by atoms with Crippen molar-refractivity contribution in [3.8, 4) is 6.07 Å². The van der Waals surface area contributed by atoms with Crippen LogP contribution in [0.25, 0.3) is 0 Å². The second-order valence-electron chi connectivity index (χ2n) is 5.07. The number of carbonyl (C=O) groups excluding carboxylic acids is 1. The van der Waals surface area contributed by atoms with E-state index in [1.54, 1.807) is 12.1 Å². The second-order valence-corrected chi connectivity index (χ2v) is 6.06. The molecule has 1 amide bonds. The number of nitrogens with one attached hydrogen (secondary N) is 1. The molecule has 0 saturated carbocycles. The van der Waals surface area contributed by atoms with E-state index in [-0.39, 0.29) is 17.6 Å². The normalized spacial score (nSPS) is 13.0. The third-order valence-electron chi connectivity index (χ3n) is 3.38. The van der Waals surface area contributed by atoms with Crippen LogP contribution in [0.1, 0.15) is 31.4 Å². The summed E-state index contributed by atoms with van der Waals surface area (Å²) in [5, 5.41) is 20.4. The number of carbonyl (C=O) groups is 2. The van der Waals surface area contributed by atoms with Gasteiger partial charge in [-0.1, -0.05) is 32.4 Å². The minimum atomic E-state index is -1.00. The van der Waals surface area contributed by atoms with Gasteiger partial charge in [-0.05, 0) is 23.6 Å². The van der Waals surface area contributed by atoms with Crippen LogP contribution in [0.3, 0.4) is 0 Å². The zero-order chi connectivity index (χ0) is 16.5. The number of hydrogen-bond donors (Lipinski definition) is 2. The van der Waals surface area contributed by atoms with Gasteiger partial charge in [0, 0.05) is 5.75 Å². The Balaban J connectivity index is 2.41. The molecule has 1 aromatic carbocycles. The average Bonchev–Trinajstić information content (AvgIpc) is 2.52. The van der Waals surface area contributed by atoms with Crippen molar-refractivity contribution in [2.45, 2.75) is 32.1 Å². The molecule has 0 aliphatic rings. The highest BCUT2D eigenvalue weighted by molar-refractivity contribution is 7.99. The first-order valence-corrected chi connectivity index (χ1v) is 8.22. The summed E-state index contributed by atoms with van der Waals surface area (Å²) in [7, 11) is 0. The molecule has 0 spiro atoms. The van der Waals surface area contributed by atoms with E-state index >= 15 is 0 Å². The van der Waals surface area contributed by atoms with Crippen LogP contribution in [0.4, 0.5) is 0 Å². The lowest BCUT2D eigenvalue weighted by atomic mass is 9.99. The predicted molar refractivity (Wildman–Crippen MR) is 86.3 cm³/mol. The maximum absolute atomic E-state index is 11.8. The Morgan fingerprint density at radius 1 is 1.36 bits per heavy atom. The monoisotopic (exact) mass is 320 g/mol. The Morgan fingerprint density at radius 3 is 2.50 bits per heavy atom. The predicted octanol–water partition coefficient (Wildman–Crippen LogP) is 2.41. The molecule has 0 unspecified atom stereocenters. The van der Waals surface area contributed by atoms with Crippen molar-refractivity contribution in [1.82, 2.24) is 5.32 Å². The Hall–Kier alpha value is -2.00.